The van der Waals surface area contributed by atoms with Crippen molar-refractivity contribution >= 4 is 34.2 Å². The van der Waals surface area contributed by atoms with Crippen LogP contribution in [-0.4, -0.2) is 29.6 Å². The molecular weight excluding hydrogens is 282 g/mol. The Morgan fingerprint density at radius 2 is 1.95 bits per heavy atom. The van der Waals surface area contributed by atoms with Gasteiger partial charge in [-0.05, 0) is 26.3 Å². The Hall–Kier alpha value is -2.15. The molecule has 1 amide bonds. The number of ether oxygens (including phenoxy) is 1. The fourth-order valence-corrected chi connectivity index (χ4v) is 2.52. The van der Waals surface area contributed by atoms with Crippen LogP contribution in [0.25, 0.3) is 0 Å². The van der Waals surface area contributed by atoms with Crippen molar-refractivity contribution in [1.29, 1.82) is 0 Å². The number of hydrogen-bond donors (Lipinski definition) is 2. The summed E-state index contributed by atoms with van der Waals surface area (Å²) >= 11 is 1.24. The van der Waals surface area contributed by atoms with Gasteiger partial charge in [-0.2, -0.15) is 0 Å². The van der Waals surface area contributed by atoms with Crippen LogP contribution in [-0.2, 0) is 14.3 Å². The molecule has 0 aliphatic carbocycles. The van der Waals surface area contributed by atoms with E-state index in [9.17, 15) is 14.4 Å². The summed E-state index contributed by atoms with van der Waals surface area (Å²) in [6.45, 7) is 5.52. The number of anilines is 1. The van der Waals surface area contributed by atoms with Crippen molar-refractivity contribution in [3.8, 4) is 0 Å². The van der Waals surface area contributed by atoms with Crippen molar-refractivity contribution in [2.75, 3.05) is 11.9 Å². The molecule has 0 saturated carbocycles. The van der Waals surface area contributed by atoms with E-state index in [0.29, 0.717) is 10.6 Å². The van der Waals surface area contributed by atoms with Crippen LogP contribution < -0.4 is 5.32 Å². The first-order valence-corrected chi connectivity index (χ1v) is 6.67. The van der Waals surface area contributed by atoms with Gasteiger partial charge in [0.1, 0.15) is 5.00 Å². The monoisotopic (exact) mass is 297 g/mol. The van der Waals surface area contributed by atoms with Gasteiger partial charge >= 0.3 is 11.9 Å². The van der Waals surface area contributed by atoms with Crippen molar-refractivity contribution in [3.05, 3.63) is 28.2 Å². The van der Waals surface area contributed by atoms with E-state index in [2.05, 4.69) is 5.32 Å². The van der Waals surface area contributed by atoms with Gasteiger partial charge in [-0.25, -0.2) is 9.59 Å². The van der Waals surface area contributed by atoms with Gasteiger partial charge in [-0.3, -0.25) is 4.79 Å². The number of nitrogens with one attached hydrogen (secondary N) is 1. The molecule has 0 spiro atoms. The van der Waals surface area contributed by atoms with Crippen LogP contribution in [0.3, 0.4) is 0 Å². The normalized spacial score (nSPS) is 10.6. The third-order valence-electron chi connectivity index (χ3n) is 2.48. The van der Waals surface area contributed by atoms with Gasteiger partial charge in [-0.15, -0.1) is 11.3 Å². The van der Waals surface area contributed by atoms with Crippen molar-refractivity contribution in [1.82, 2.24) is 0 Å². The Kier molecular flexibility index (Phi) is 5.45. The molecule has 7 heteroatoms. The third kappa shape index (κ3) is 3.92. The molecule has 20 heavy (non-hydrogen) atoms. The van der Waals surface area contributed by atoms with Gasteiger partial charge in [0.05, 0.1) is 12.2 Å². The molecule has 1 rings (SSSR count). The molecule has 0 aromatic carbocycles. The van der Waals surface area contributed by atoms with Crippen LogP contribution in [0.5, 0.6) is 0 Å². The number of rotatable bonds is 5. The first-order chi connectivity index (χ1) is 9.36. The first kappa shape index (κ1) is 15.9. The second-order valence-corrected chi connectivity index (χ2v) is 5.09. The quantitative estimate of drug-likeness (QED) is 0.641. The number of hydrogen-bond acceptors (Lipinski definition) is 5. The Balaban J connectivity index is 3.01. The smallest absolute Gasteiger partial charge is 0.341 e. The van der Waals surface area contributed by atoms with E-state index in [1.165, 1.54) is 11.3 Å². The van der Waals surface area contributed by atoms with Crippen LogP contribution in [0, 0.1) is 13.8 Å². The van der Waals surface area contributed by atoms with Crippen LogP contribution in [0.4, 0.5) is 5.00 Å². The van der Waals surface area contributed by atoms with E-state index < -0.39 is 17.8 Å². The first-order valence-electron chi connectivity index (χ1n) is 5.85. The summed E-state index contributed by atoms with van der Waals surface area (Å²) in [5.41, 5.74) is 1.05. The van der Waals surface area contributed by atoms with Crippen molar-refractivity contribution in [2.24, 2.45) is 0 Å². The minimum Gasteiger partial charge on any atom is -0.478 e. The second-order valence-electron chi connectivity index (χ2n) is 3.87. The Morgan fingerprint density at radius 1 is 1.30 bits per heavy atom. The fourth-order valence-electron chi connectivity index (χ4n) is 1.46. The van der Waals surface area contributed by atoms with Crippen LogP contribution in [0.1, 0.15) is 27.7 Å². The van der Waals surface area contributed by atoms with Gasteiger partial charge in [0, 0.05) is 17.0 Å². The predicted octanol–water partition coefficient (Wildman–Crippen LogP) is 2.12. The number of amides is 1. The lowest BCUT2D eigenvalue weighted by molar-refractivity contribution is -0.131. The van der Waals surface area contributed by atoms with Gasteiger partial charge in [-0.1, -0.05) is 0 Å². The summed E-state index contributed by atoms with van der Waals surface area (Å²) in [5, 5.41) is 11.3. The van der Waals surface area contributed by atoms with Gasteiger partial charge < -0.3 is 15.2 Å². The van der Waals surface area contributed by atoms with Gasteiger partial charge in [0.25, 0.3) is 0 Å². The topological polar surface area (TPSA) is 92.7 Å². The van der Waals surface area contributed by atoms with Crippen LogP contribution in [0.2, 0.25) is 0 Å². The molecule has 2 N–H and O–H groups in total. The molecule has 0 radical (unpaired) electrons. The summed E-state index contributed by atoms with van der Waals surface area (Å²) < 4.78 is 4.95. The summed E-state index contributed by atoms with van der Waals surface area (Å²) in [6, 6.07) is 0. The summed E-state index contributed by atoms with van der Waals surface area (Å²) in [7, 11) is 0. The number of carbonyl (C=O) groups is 3. The maximum atomic E-state index is 11.9. The highest BCUT2D eigenvalue weighted by molar-refractivity contribution is 7.16. The lowest BCUT2D eigenvalue weighted by Gasteiger charge is -2.05. The van der Waals surface area contributed by atoms with Crippen LogP contribution >= 0.6 is 11.3 Å². The van der Waals surface area contributed by atoms with Gasteiger partial charge in [0.15, 0.2) is 0 Å². The number of carboxylic acids is 1. The molecule has 0 bridgehead atoms. The maximum Gasteiger partial charge on any atom is 0.341 e. The lowest BCUT2D eigenvalue weighted by Crippen LogP contribution is -2.13. The molecule has 6 nitrogen and oxygen atoms in total. The highest BCUT2D eigenvalue weighted by Crippen LogP contribution is 2.32. The predicted molar refractivity (Wildman–Crippen MR) is 75.2 cm³/mol. The van der Waals surface area contributed by atoms with Crippen molar-refractivity contribution < 1.29 is 24.2 Å². The molecule has 0 aliphatic rings. The van der Waals surface area contributed by atoms with Crippen molar-refractivity contribution in [3.63, 3.8) is 0 Å². The number of thiophene rings is 1. The Bertz CT molecular complexity index is 574. The highest BCUT2D eigenvalue weighted by Gasteiger charge is 2.21. The molecule has 0 saturated heterocycles. The standard InChI is InChI=1S/C13H15NO5S/c1-4-19-13(18)11-7(2)8(3)20-12(11)14-9(15)5-6-10(16)17/h5-6H,4H2,1-3H3,(H,14,15)(H,16,17)/b6-5+. The Morgan fingerprint density at radius 3 is 2.50 bits per heavy atom. The minimum atomic E-state index is -1.22. The van der Waals surface area contributed by atoms with Crippen molar-refractivity contribution in [2.45, 2.75) is 20.8 Å². The van der Waals surface area contributed by atoms with Crippen LogP contribution in [0.15, 0.2) is 12.2 Å². The number of esters is 1. The number of aryl methyl sites for hydroxylation is 1. The average Bonchev–Trinajstić information content (AvgIpc) is 2.62. The number of carboxylic acid groups (broad SMARTS) is 1. The maximum absolute atomic E-state index is 11.9. The van der Waals surface area contributed by atoms with E-state index in [-0.39, 0.29) is 6.61 Å². The van der Waals surface area contributed by atoms with E-state index in [1.807, 2.05) is 6.92 Å². The molecule has 0 atom stereocenters. The summed E-state index contributed by atoms with van der Waals surface area (Å²) in [6.07, 6.45) is 1.62. The highest BCUT2D eigenvalue weighted by atomic mass is 32.1. The molecule has 1 aromatic heterocycles. The molecule has 1 heterocycles. The van der Waals surface area contributed by atoms with Gasteiger partial charge in [0.2, 0.25) is 5.91 Å². The molecular formula is C13H15NO5S. The molecule has 0 fully saturated rings. The lowest BCUT2D eigenvalue weighted by atomic mass is 10.1. The summed E-state index contributed by atoms with van der Waals surface area (Å²) in [5.74, 6) is -2.34. The third-order valence-corrected chi connectivity index (χ3v) is 3.60. The largest absolute Gasteiger partial charge is 0.478 e. The fraction of sp³-hybridized carbons (Fsp3) is 0.308. The Labute approximate surface area is 120 Å². The summed E-state index contributed by atoms with van der Waals surface area (Å²) in [4.78, 5) is 34.6. The number of aliphatic carboxylic acids is 1. The average molecular weight is 297 g/mol. The molecule has 1 aromatic rings. The second kappa shape index (κ2) is 6.85. The molecule has 108 valence electrons. The zero-order chi connectivity index (χ0) is 15.3. The van der Waals surface area contributed by atoms with E-state index in [0.717, 1.165) is 22.6 Å². The molecule has 0 aliphatic heterocycles. The SMILES string of the molecule is CCOC(=O)c1c(NC(=O)/C=C/C(=O)O)sc(C)c1C. The zero-order valence-corrected chi connectivity index (χ0v) is 12.2. The number of carbonyl (C=O) groups excluding carboxylic acids is 2. The minimum absolute atomic E-state index is 0.236. The van der Waals surface area contributed by atoms with E-state index in [4.69, 9.17) is 9.84 Å². The molecule has 0 unspecified atom stereocenters. The van der Waals surface area contributed by atoms with E-state index >= 15 is 0 Å². The van der Waals surface area contributed by atoms with E-state index in [1.54, 1.807) is 13.8 Å². The zero-order valence-electron chi connectivity index (χ0n) is 11.4.